The lowest BCUT2D eigenvalue weighted by atomic mass is 9.97. The highest BCUT2D eigenvalue weighted by Gasteiger charge is 2.30. The van der Waals surface area contributed by atoms with Crippen molar-refractivity contribution in [3.63, 3.8) is 0 Å². The van der Waals surface area contributed by atoms with Crippen LogP contribution in [0.3, 0.4) is 0 Å². The minimum atomic E-state index is 0.0415. The Morgan fingerprint density at radius 2 is 2.38 bits per heavy atom. The predicted molar refractivity (Wildman–Crippen MR) is 95.9 cm³/mol. The molecule has 0 fully saturated rings. The first-order valence-electron chi connectivity index (χ1n) is 8.35. The molecule has 24 heavy (non-hydrogen) atoms. The molecule has 1 aliphatic heterocycles. The maximum atomic E-state index is 12.6. The number of aryl methyl sites for hydroxylation is 1. The molecule has 0 aliphatic carbocycles. The molecule has 1 aliphatic rings. The number of thiophene rings is 1. The van der Waals surface area contributed by atoms with Crippen molar-refractivity contribution in [3.05, 3.63) is 45.9 Å². The van der Waals surface area contributed by atoms with Gasteiger partial charge in [0.25, 0.3) is 0 Å². The number of nitrogens with zero attached hydrogens (tertiary/aromatic N) is 3. The van der Waals surface area contributed by atoms with Gasteiger partial charge < -0.3 is 9.64 Å². The first kappa shape index (κ1) is 16.9. The highest BCUT2D eigenvalue weighted by atomic mass is 32.1. The molecule has 0 saturated heterocycles. The molecule has 0 radical (unpaired) electrons. The molecule has 0 spiro atoms. The van der Waals surface area contributed by atoms with Crippen LogP contribution >= 0.6 is 11.3 Å². The number of carbonyl (C=O) groups excluding carboxylic acids is 1. The van der Waals surface area contributed by atoms with Crippen LogP contribution in [0.15, 0.2) is 29.8 Å². The zero-order valence-corrected chi connectivity index (χ0v) is 15.0. The summed E-state index contributed by atoms with van der Waals surface area (Å²) in [6.07, 6.45) is 5.60. The third-order valence-electron chi connectivity index (χ3n) is 4.15. The van der Waals surface area contributed by atoms with Crippen molar-refractivity contribution in [3.8, 4) is 0 Å². The van der Waals surface area contributed by atoms with E-state index in [0.717, 1.165) is 22.7 Å². The van der Waals surface area contributed by atoms with E-state index in [1.165, 1.54) is 0 Å². The van der Waals surface area contributed by atoms with E-state index in [0.29, 0.717) is 26.3 Å². The number of ether oxygens (including phenoxy) is 1. The van der Waals surface area contributed by atoms with Crippen molar-refractivity contribution >= 4 is 23.3 Å². The number of amides is 1. The Morgan fingerprint density at radius 1 is 1.50 bits per heavy atom. The largest absolute Gasteiger partial charge is 0.381 e. The summed E-state index contributed by atoms with van der Waals surface area (Å²) in [4.78, 5) is 15.5. The van der Waals surface area contributed by atoms with Gasteiger partial charge in [-0.1, -0.05) is 6.07 Å². The standard InChI is InChI=1S/C18H23N3O2S/c1-3-21-12-14-10-20(11-15(13-23-4-2)18(14)19-21)17(22)8-7-16-6-5-9-24-16/h5-9,12,15H,3-4,10-11,13H2,1-2H3/b8-7+. The summed E-state index contributed by atoms with van der Waals surface area (Å²) in [7, 11) is 0. The molecular formula is C18H23N3O2S. The average Bonchev–Trinajstić information content (AvgIpc) is 3.26. The lowest BCUT2D eigenvalue weighted by Crippen LogP contribution is -2.38. The normalized spacial score (nSPS) is 17.4. The molecule has 1 unspecified atom stereocenters. The first-order valence-corrected chi connectivity index (χ1v) is 9.23. The Labute approximate surface area is 146 Å². The lowest BCUT2D eigenvalue weighted by Gasteiger charge is -2.31. The van der Waals surface area contributed by atoms with Gasteiger partial charge in [-0.25, -0.2) is 0 Å². The molecular weight excluding hydrogens is 322 g/mol. The van der Waals surface area contributed by atoms with Crippen LogP contribution in [0.25, 0.3) is 6.08 Å². The van der Waals surface area contributed by atoms with Gasteiger partial charge in [-0.3, -0.25) is 9.48 Å². The number of hydrogen-bond donors (Lipinski definition) is 0. The molecule has 0 bridgehead atoms. The molecule has 2 aromatic heterocycles. The fourth-order valence-electron chi connectivity index (χ4n) is 2.93. The third-order valence-corrected chi connectivity index (χ3v) is 4.99. The third kappa shape index (κ3) is 3.76. The fraction of sp³-hybridized carbons (Fsp3) is 0.444. The summed E-state index contributed by atoms with van der Waals surface area (Å²) < 4.78 is 7.56. The van der Waals surface area contributed by atoms with Crippen molar-refractivity contribution in [1.29, 1.82) is 0 Å². The molecule has 1 amide bonds. The first-order chi connectivity index (χ1) is 11.7. The van der Waals surface area contributed by atoms with Gasteiger partial charge >= 0.3 is 0 Å². The van der Waals surface area contributed by atoms with E-state index in [4.69, 9.17) is 4.74 Å². The van der Waals surface area contributed by atoms with Crippen LogP contribution in [0.2, 0.25) is 0 Å². The van der Waals surface area contributed by atoms with Crippen molar-refractivity contribution < 1.29 is 9.53 Å². The second-order valence-corrected chi connectivity index (χ2v) is 6.80. The Kier molecular flexibility index (Phi) is 5.48. The fourth-order valence-corrected chi connectivity index (χ4v) is 3.55. The molecule has 1 atom stereocenters. The topological polar surface area (TPSA) is 47.4 Å². The van der Waals surface area contributed by atoms with Crippen LogP contribution < -0.4 is 0 Å². The average molecular weight is 345 g/mol. The SMILES string of the molecule is CCOCC1CN(C(=O)/C=C/c2cccs2)Cc2cn(CC)nc21. The van der Waals surface area contributed by atoms with Crippen molar-refractivity contribution in [2.75, 3.05) is 19.8 Å². The van der Waals surface area contributed by atoms with Crippen molar-refractivity contribution in [2.45, 2.75) is 32.9 Å². The maximum Gasteiger partial charge on any atom is 0.246 e. The molecule has 128 valence electrons. The second kappa shape index (κ2) is 7.77. The van der Waals surface area contributed by atoms with E-state index < -0.39 is 0 Å². The number of carbonyl (C=O) groups is 1. The van der Waals surface area contributed by atoms with E-state index in [2.05, 4.69) is 18.2 Å². The summed E-state index contributed by atoms with van der Waals surface area (Å²) in [5.41, 5.74) is 2.21. The van der Waals surface area contributed by atoms with Gasteiger partial charge in [-0.15, -0.1) is 11.3 Å². The summed E-state index contributed by atoms with van der Waals surface area (Å²) in [5, 5.41) is 6.67. The van der Waals surface area contributed by atoms with Crippen LogP contribution in [-0.4, -0.2) is 40.3 Å². The highest BCUT2D eigenvalue weighted by Crippen LogP contribution is 2.28. The Morgan fingerprint density at radius 3 is 3.08 bits per heavy atom. The predicted octanol–water partition coefficient (Wildman–Crippen LogP) is 3.14. The highest BCUT2D eigenvalue weighted by molar-refractivity contribution is 7.10. The van der Waals surface area contributed by atoms with Gasteiger partial charge in [-0.2, -0.15) is 5.10 Å². The van der Waals surface area contributed by atoms with Crippen molar-refractivity contribution in [1.82, 2.24) is 14.7 Å². The Bertz CT molecular complexity index is 706. The number of aromatic nitrogens is 2. The van der Waals surface area contributed by atoms with Gasteiger partial charge in [0.05, 0.1) is 12.3 Å². The maximum absolute atomic E-state index is 12.6. The molecule has 0 N–H and O–H groups in total. The number of rotatable bonds is 6. The van der Waals surface area contributed by atoms with Crippen molar-refractivity contribution in [2.24, 2.45) is 0 Å². The summed E-state index contributed by atoms with van der Waals surface area (Å²) in [6.45, 7) is 7.44. The Hall–Kier alpha value is -1.92. The minimum Gasteiger partial charge on any atom is -0.381 e. The van der Waals surface area contributed by atoms with E-state index in [1.807, 2.05) is 40.1 Å². The summed E-state index contributed by atoms with van der Waals surface area (Å²) in [5.74, 6) is 0.181. The molecule has 3 rings (SSSR count). The van der Waals surface area contributed by atoms with Crippen LogP contribution in [0, 0.1) is 0 Å². The quantitative estimate of drug-likeness (QED) is 0.756. The smallest absolute Gasteiger partial charge is 0.246 e. The van der Waals surface area contributed by atoms with E-state index in [1.54, 1.807) is 17.4 Å². The molecule has 5 nitrogen and oxygen atoms in total. The minimum absolute atomic E-state index is 0.0415. The van der Waals surface area contributed by atoms with Gasteiger partial charge in [0.1, 0.15) is 0 Å². The van der Waals surface area contributed by atoms with E-state index in [-0.39, 0.29) is 11.8 Å². The van der Waals surface area contributed by atoms with Crippen LogP contribution in [0.4, 0.5) is 0 Å². The van der Waals surface area contributed by atoms with E-state index in [9.17, 15) is 4.79 Å². The molecule has 6 heteroatoms. The van der Waals surface area contributed by atoms with Gasteiger partial charge in [0.2, 0.25) is 5.91 Å². The molecule has 0 saturated carbocycles. The molecule has 2 aromatic rings. The lowest BCUT2D eigenvalue weighted by molar-refractivity contribution is -0.127. The van der Waals surface area contributed by atoms with Gasteiger partial charge in [-0.05, 0) is 31.4 Å². The van der Waals surface area contributed by atoms with Crippen LogP contribution in [0.1, 0.15) is 35.9 Å². The van der Waals surface area contributed by atoms with Crippen LogP contribution in [-0.2, 0) is 22.6 Å². The Balaban J connectivity index is 1.76. The molecule has 3 heterocycles. The van der Waals surface area contributed by atoms with E-state index >= 15 is 0 Å². The number of fused-ring (bicyclic) bond motifs is 1. The number of hydrogen-bond acceptors (Lipinski definition) is 4. The second-order valence-electron chi connectivity index (χ2n) is 5.82. The van der Waals surface area contributed by atoms with Crippen LogP contribution in [0.5, 0.6) is 0 Å². The zero-order chi connectivity index (χ0) is 16.9. The van der Waals surface area contributed by atoms with Gasteiger partial charge in [0.15, 0.2) is 0 Å². The van der Waals surface area contributed by atoms with Gasteiger partial charge in [0, 0.05) is 54.9 Å². The summed E-state index contributed by atoms with van der Waals surface area (Å²) >= 11 is 1.63. The molecule has 0 aromatic carbocycles. The summed E-state index contributed by atoms with van der Waals surface area (Å²) in [6, 6.07) is 3.99. The monoisotopic (exact) mass is 345 g/mol. The zero-order valence-electron chi connectivity index (χ0n) is 14.1.